The van der Waals surface area contributed by atoms with Gasteiger partial charge in [0.2, 0.25) is 5.91 Å². The van der Waals surface area contributed by atoms with E-state index in [4.69, 9.17) is 0 Å². The Morgan fingerprint density at radius 1 is 1.58 bits per heavy atom. The van der Waals surface area contributed by atoms with Crippen molar-refractivity contribution in [1.82, 2.24) is 5.32 Å². The molecular weight excluding hydrogens is 218 g/mol. The summed E-state index contributed by atoms with van der Waals surface area (Å²) in [7, 11) is 0. The summed E-state index contributed by atoms with van der Waals surface area (Å²) in [5.74, 6) is 1.61. The van der Waals surface area contributed by atoms with Crippen LogP contribution in [0.5, 0.6) is 0 Å². The number of alkyl halides is 1. The van der Waals surface area contributed by atoms with Gasteiger partial charge in [-0.15, -0.1) is 0 Å². The number of hydrogen-bond donors (Lipinski definition) is 1. The molecule has 0 aromatic carbocycles. The van der Waals surface area contributed by atoms with Crippen LogP contribution in [0.15, 0.2) is 0 Å². The van der Waals surface area contributed by atoms with Crippen LogP contribution in [0, 0.1) is 11.8 Å². The van der Waals surface area contributed by atoms with Crippen LogP contribution < -0.4 is 5.32 Å². The maximum Gasteiger partial charge on any atom is 0.230 e. The molecule has 2 unspecified atom stereocenters. The highest BCUT2D eigenvalue weighted by Gasteiger charge is 2.23. The van der Waals surface area contributed by atoms with Crippen molar-refractivity contribution in [2.45, 2.75) is 26.2 Å². The maximum absolute atomic E-state index is 10.9. The van der Waals surface area contributed by atoms with Gasteiger partial charge in [0.15, 0.2) is 0 Å². The van der Waals surface area contributed by atoms with Gasteiger partial charge in [-0.1, -0.05) is 35.7 Å². The number of nitrogens with one attached hydrogen (secondary N) is 1. The van der Waals surface area contributed by atoms with Gasteiger partial charge in [-0.3, -0.25) is 4.79 Å². The zero-order valence-corrected chi connectivity index (χ0v) is 9.06. The molecule has 1 N–H and O–H groups in total. The van der Waals surface area contributed by atoms with Crippen molar-refractivity contribution in [2.75, 3.05) is 11.9 Å². The van der Waals surface area contributed by atoms with Gasteiger partial charge in [0.05, 0.1) is 5.33 Å². The van der Waals surface area contributed by atoms with E-state index in [1.54, 1.807) is 0 Å². The Kier molecular flexibility index (Phi) is 4.06. The molecule has 1 aliphatic rings. The Morgan fingerprint density at radius 3 is 2.83 bits per heavy atom. The number of carbonyl (C=O) groups excluding carboxylic acids is 1. The summed E-state index contributed by atoms with van der Waals surface area (Å²) >= 11 is 3.13. The van der Waals surface area contributed by atoms with Crippen molar-refractivity contribution in [3.63, 3.8) is 0 Å². The van der Waals surface area contributed by atoms with Gasteiger partial charge in [-0.05, 0) is 18.3 Å². The van der Waals surface area contributed by atoms with E-state index in [2.05, 4.69) is 28.2 Å². The highest BCUT2D eigenvalue weighted by atomic mass is 79.9. The smallest absolute Gasteiger partial charge is 0.230 e. The molecule has 1 aliphatic carbocycles. The Balaban J connectivity index is 2.18. The number of amides is 1. The summed E-state index contributed by atoms with van der Waals surface area (Å²) in [4.78, 5) is 10.9. The van der Waals surface area contributed by atoms with Crippen molar-refractivity contribution in [1.29, 1.82) is 0 Å². The van der Waals surface area contributed by atoms with E-state index in [-0.39, 0.29) is 5.91 Å². The van der Waals surface area contributed by atoms with Gasteiger partial charge in [-0.2, -0.15) is 0 Å². The zero-order valence-electron chi connectivity index (χ0n) is 7.48. The fourth-order valence-electron chi connectivity index (χ4n) is 1.82. The lowest BCUT2D eigenvalue weighted by molar-refractivity contribution is -0.118. The summed E-state index contributed by atoms with van der Waals surface area (Å²) in [6, 6.07) is 0. The lowest BCUT2D eigenvalue weighted by Crippen LogP contribution is -2.30. The molecule has 0 radical (unpaired) electrons. The molecule has 0 saturated heterocycles. The van der Waals surface area contributed by atoms with E-state index in [0.29, 0.717) is 11.2 Å². The topological polar surface area (TPSA) is 29.1 Å². The third-order valence-electron chi connectivity index (χ3n) is 2.72. The average molecular weight is 234 g/mol. The van der Waals surface area contributed by atoms with E-state index in [1.807, 2.05) is 0 Å². The quantitative estimate of drug-likeness (QED) is 0.743. The average Bonchev–Trinajstić information content (AvgIpc) is 2.47. The van der Waals surface area contributed by atoms with Crippen LogP contribution in [0.2, 0.25) is 0 Å². The lowest BCUT2D eigenvalue weighted by Gasteiger charge is -2.15. The van der Waals surface area contributed by atoms with Crippen LogP contribution >= 0.6 is 15.9 Å². The highest BCUT2D eigenvalue weighted by Crippen LogP contribution is 2.30. The Hall–Kier alpha value is -0.0500. The molecule has 3 heteroatoms. The molecule has 2 nitrogen and oxygen atoms in total. The van der Waals surface area contributed by atoms with Crippen LogP contribution in [-0.2, 0) is 4.79 Å². The molecule has 1 saturated carbocycles. The van der Waals surface area contributed by atoms with Crippen molar-refractivity contribution in [3.05, 3.63) is 0 Å². The molecule has 1 amide bonds. The molecule has 0 spiro atoms. The summed E-state index contributed by atoms with van der Waals surface area (Å²) in [5.41, 5.74) is 0. The van der Waals surface area contributed by atoms with Gasteiger partial charge in [0.1, 0.15) is 0 Å². The molecule has 1 fully saturated rings. The molecule has 12 heavy (non-hydrogen) atoms. The fraction of sp³-hybridized carbons (Fsp3) is 0.889. The molecule has 2 atom stereocenters. The van der Waals surface area contributed by atoms with Gasteiger partial charge in [-0.25, -0.2) is 0 Å². The first-order valence-corrected chi connectivity index (χ1v) is 5.69. The minimum atomic E-state index is 0.106. The molecule has 0 heterocycles. The SMILES string of the molecule is CC1CCCC1CNC(=O)CBr. The molecule has 0 aromatic heterocycles. The Morgan fingerprint density at radius 2 is 2.33 bits per heavy atom. The number of rotatable bonds is 3. The van der Waals surface area contributed by atoms with E-state index in [0.717, 1.165) is 12.5 Å². The number of halogens is 1. The van der Waals surface area contributed by atoms with E-state index < -0.39 is 0 Å². The largest absolute Gasteiger partial charge is 0.355 e. The van der Waals surface area contributed by atoms with Crippen LogP contribution in [-0.4, -0.2) is 17.8 Å². The standard InChI is InChI=1S/C9H16BrNO/c1-7-3-2-4-8(7)6-11-9(12)5-10/h7-8H,2-6H2,1H3,(H,11,12). The summed E-state index contributed by atoms with van der Waals surface area (Å²) in [5, 5.41) is 3.34. The zero-order chi connectivity index (χ0) is 8.97. The van der Waals surface area contributed by atoms with Crippen LogP contribution in [0.3, 0.4) is 0 Å². The molecular formula is C9H16BrNO. The Labute approximate surface area is 82.2 Å². The highest BCUT2D eigenvalue weighted by molar-refractivity contribution is 9.09. The van der Waals surface area contributed by atoms with Gasteiger partial charge < -0.3 is 5.32 Å². The minimum Gasteiger partial charge on any atom is -0.355 e. The van der Waals surface area contributed by atoms with E-state index in [1.165, 1.54) is 19.3 Å². The van der Waals surface area contributed by atoms with Crippen LogP contribution in [0.1, 0.15) is 26.2 Å². The van der Waals surface area contributed by atoms with Crippen LogP contribution in [0.25, 0.3) is 0 Å². The van der Waals surface area contributed by atoms with E-state index >= 15 is 0 Å². The first-order chi connectivity index (χ1) is 5.74. The van der Waals surface area contributed by atoms with Crippen molar-refractivity contribution in [2.24, 2.45) is 11.8 Å². The molecule has 0 aliphatic heterocycles. The second kappa shape index (κ2) is 4.85. The maximum atomic E-state index is 10.9. The minimum absolute atomic E-state index is 0.106. The summed E-state index contributed by atoms with van der Waals surface area (Å²) in [6.07, 6.45) is 3.94. The molecule has 1 rings (SSSR count). The van der Waals surface area contributed by atoms with Crippen molar-refractivity contribution >= 4 is 21.8 Å². The van der Waals surface area contributed by atoms with E-state index in [9.17, 15) is 4.79 Å². The molecule has 0 aromatic rings. The van der Waals surface area contributed by atoms with Crippen molar-refractivity contribution < 1.29 is 4.79 Å². The van der Waals surface area contributed by atoms with Gasteiger partial charge in [0.25, 0.3) is 0 Å². The fourth-order valence-corrected chi connectivity index (χ4v) is 2.02. The first-order valence-electron chi connectivity index (χ1n) is 4.56. The second-order valence-corrected chi connectivity index (χ2v) is 4.17. The predicted octanol–water partition coefficient (Wildman–Crippen LogP) is 1.93. The van der Waals surface area contributed by atoms with Gasteiger partial charge in [0, 0.05) is 6.54 Å². The number of carbonyl (C=O) groups is 1. The molecule has 70 valence electrons. The van der Waals surface area contributed by atoms with Gasteiger partial charge >= 0.3 is 0 Å². The Bertz CT molecular complexity index is 161. The first kappa shape index (κ1) is 10.0. The normalized spacial score (nSPS) is 28.8. The third kappa shape index (κ3) is 2.77. The van der Waals surface area contributed by atoms with Crippen molar-refractivity contribution in [3.8, 4) is 0 Å². The summed E-state index contributed by atoms with van der Waals surface area (Å²) < 4.78 is 0. The summed E-state index contributed by atoms with van der Waals surface area (Å²) in [6.45, 7) is 3.14. The lowest BCUT2D eigenvalue weighted by atomic mass is 9.98. The van der Waals surface area contributed by atoms with Crippen LogP contribution in [0.4, 0.5) is 0 Å². The monoisotopic (exact) mass is 233 g/mol. The third-order valence-corrected chi connectivity index (χ3v) is 3.23. The molecule has 0 bridgehead atoms. The number of hydrogen-bond acceptors (Lipinski definition) is 1. The predicted molar refractivity (Wildman–Crippen MR) is 53.3 cm³/mol. The second-order valence-electron chi connectivity index (χ2n) is 3.61.